The van der Waals surface area contributed by atoms with Crippen molar-refractivity contribution in [2.24, 2.45) is 5.92 Å². The normalized spacial score (nSPS) is 18.4. The second kappa shape index (κ2) is 6.94. The number of hydrogen-bond acceptors (Lipinski definition) is 2. The van der Waals surface area contributed by atoms with Gasteiger partial charge in [0.25, 0.3) is 0 Å². The molecule has 0 bridgehead atoms. The lowest BCUT2D eigenvalue weighted by Crippen LogP contribution is -2.36. The monoisotopic (exact) mass is 308 g/mol. The molecule has 21 heavy (non-hydrogen) atoms. The zero-order valence-electron chi connectivity index (χ0n) is 12.4. The molecule has 0 unspecified atom stereocenters. The van der Waals surface area contributed by atoms with Crippen LogP contribution in [0.1, 0.15) is 25.8 Å². The fourth-order valence-corrected chi connectivity index (χ4v) is 2.66. The van der Waals surface area contributed by atoms with Gasteiger partial charge in [-0.1, -0.05) is 23.7 Å². The first-order valence-corrected chi connectivity index (χ1v) is 7.67. The third-order valence-corrected chi connectivity index (χ3v) is 4.03. The summed E-state index contributed by atoms with van der Waals surface area (Å²) in [7, 11) is 0. The van der Waals surface area contributed by atoms with Crippen molar-refractivity contribution >= 4 is 23.4 Å². The van der Waals surface area contributed by atoms with Crippen LogP contribution < -0.4 is 5.32 Å². The topological polar surface area (TPSA) is 49.4 Å². The number of hydrogen-bond donors (Lipinski definition) is 1. The number of amides is 2. The van der Waals surface area contributed by atoms with Gasteiger partial charge < -0.3 is 10.2 Å². The number of nitrogens with zero attached hydrogens (tertiary/aromatic N) is 1. The fraction of sp³-hybridized carbons (Fsp3) is 0.500. The predicted molar refractivity (Wildman–Crippen MR) is 83.1 cm³/mol. The van der Waals surface area contributed by atoms with E-state index in [-0.39, 0.29) is 23.8 Å². The van der Waals surface area contributed by atoms with E-state index in [0.29, 0.717) is 24.5 Å². The second-order valence-electron chi connectivity index (χ2n) is 5.71. The molecule has 1 atom stereocenters. The lowest BCUT2D eigenvalue weighted by atomic mass is 10.1. The molecular weight excluding hydrogens is 288 g/mol. The lowest BCUT2D eigenvalue weighted by molar-refractivity contribution is -0.129. The van der Waals surface area contributed by atoms with Gasteiger partial charge in [-0.15, -0.1) is 0 Å². The summed E-state index contributed by atoms with van der Waals surface area (Å²) in [5, 5.41) is 3.63. The molecule has 2 amide bonds. The van der Waals surface area contributed by atoms with Crippen molar-refractivity contribution in [3.8, 4) is 0 Å². The molecule has 4 nitrogen and oxygen atoms in total. The fourth-order valence-electron chi connectivity index (χ4n) is 2.53. The molecule has 1 heterocycles. The number of nitrogens with one attached hydrogen (secondary N) is 1. The Morgan fingerprint density at radius 3 is 2.62 bits per heavy atom. The van der Waals surface area contributed by atoms with Crippen LogP contribution in [0.2, 0.25) is 5.02 Å². The van der Waals surface area contributed by atoms with Crippen LogP contribution in [0.25, 0.3) is 0 Å². The molecular formula is C16H21ClN2O2. The summed E-state index contributed by atoms with van der Waals surface area (Å²) in [4.78, 5) is 25.7. The Bertz CT molecular complexity index is 514. The molecule has 1 aromatic rings. The van der Waals surface area contributed by atoms with Gasteiger partial charge in [0, 0.05) is 30.6 Å². The maximum absolute atomic E-state index is 12.1. The summed E-state index contributed by atoms with van der Waals surface area (Å²) < 4.78 is 0. The van der Waals surface area contributed by atoms with Crippen molar-refractivity contribution in [3.05, 3.63) is 34.9 Å². The van der Waals surface area contributed by atoms with Crippen molar-refractivity contribution < 1.29 is 9.59 Å². The zero-order valence-corrected chi connectivity index (χ0v) is 13.2. The van der Waals surface area contributed by atoms with Crippen LogP contribution in [0.4, 0.5) is 0 Å². The van der Waals surface area contributed by atoms with E-state index in [1.807, 2.05) is 38.1 Å². The number of carbonyl (C=O) groups is 2. The first-order valence-electron chi connectivity index (χ1n) is 7.29. The predicted octanol–water partition coefficient (Wildman–Crippen LogP) is 2.26. The lowest BCUT2D eigenvalue weighted by Gasteiger charge is -2.20. The molecule has 0 spiro atoms. The molecule has 0 saturated carbocycles. The highest BCUT2D eigenvalue weighted by atomic mass is 35.5. The van der Waals surface area contributed by atoms with Crippen molar-refractivity contribution in [2.45, 2.75) is 32.7 Å². The van der Waals surface area contributed by atoms with Crippen LogP contribution in [-0.2, 0) is 16.0 Å². The van der Waals surface area contributed by atoms with E-state index >= 15 is 0 Å². The number of benzene rings is 1. The molecule has 5 heteroatoms. The van der Waals surface area contributed by atoms with Crippen molar-refractivity contribution in [1.29, 1.82) is 0 Å². The Hall–Kier alpha value is -1.55. The van der Waals surface area contributed by atoms with Crippen LogP contribution in [0, 0.1) is 5.92 Å². The molecule has 0 radical (unpaired) electrons. The maximum atomic E-state index is 12.1. The van der Waals surface area contributed by atoms with Crippen LogP contribution in [0.15, 0.2) is 24.3 Å². The van der Waals surface area contributed by atoms with E-state index in [1.165, 1.54) is 0 Å². The summed E-state index contributed by atoms with van der Waals surface area (Å²) in [6, 6.07) is 7.75. The van der Waals surface area contributed by atoms with Gasteiger partial charge in [0.05, 0.1) is 5.92 Å². The van der Waals surface area contributed by atoms with Crippen molar-refractivity contribution in [2.75, 3.05) is 13.1 Å². The third kappa shape index (κ3) is 4.21. The molecule has 1 aliphatic rings. The van der Waals surface area contributed by atoms with Gasteiger partial charge in [0.1, 0.15) is 0 Å². The quantitative estimate of drug-likeness (QED) is 0.907. The highest BCUT2D eigenvalue weighted by molar-refractivity contribution is 6.30. The molecule has 1 N–H and O–H groups in total. The van der Waals surface area contributed by atoms with E-state index in [0.717, 1.165) is 12.0 Å². The standard InChI is InChI=1S/C16H21ClN2O2/c1-11(2)19-10-13(9-15(19)20)16(21)18-8-7-12-3-5-14(17)6-4-12/h3-6,11,13H,7-10H2,1-2H3,(H,18,21)/t13-/m1/s1. The van der Waals surface area contributed by atoms with E-state index in [4.69, 9.17) is 11.6 Å². The average Bonchev–Trinajstić information content (AvgIpc) is 2.83. The minimum absolute atomic E-state index is 0.0273. The first-order chi connectivity index (χ1) is 9.97. The van der Waals surface area contributed by atoms with Gasteiger partial charge in [-0.2, -0.15) is 0 Å². The first kappa shape index (κ1) is 15.8. The van der Waals surface area contributed by atoms with E-state index in [2.05, 4.69) is 5.32 Å². The minimum atomic E-state index is -0.217. The number of halogens is 1. The largest absolute Gasteiger partial charge is 0.355 e. The Labute approximate surface area is 130 Å². The summed E-state index contributed by atoms with van der Waals surface area (Å²) >= 11 is 5.83. The molecule has 1 saturated heterocycles. The summed E-state index contributed by atoms with van der Waals surface area (Å²) in [6.45, 7) is 5.05. The molecule has 2 rings (SSSR count). The van der Waals surface area contributed by atoms with Crippen molar-refractivity contribution in [3.63, 3.8) is 0 Å². The maximum Gasteiger partial charge on any atom is 0.225 e. The highest BCUT2D eigenvalue weighted by Gasteiger charge is 2.35. The highest BCUT2D eigenvalue weighted by Crippen LogP contribution is 2.20. The molecule has 1 fully saturated rings. The molecule has 1 aromatic carbocycles. The number of carbonyl (C=O) groups excluding carboxylic acids is 2. The van der Waals surface area contributed by atoms with Crippen LogP contribution in [0.3, 0.4) is 0 Å². The van der Waals surface area contributed by atoms with E-state index < -0.39 is 0 Å². The molecule has 1 aliphatic heterocycles. The minimum Gasteiger partial charge on any atom is -0.355 e. The van der Waals surface area contributed by atoms with Gasteiger partial charge in [0.15, 0.2) is 0 Å². The second-order valence-corrected chi connectivity index (χ2v) is 6.14. The van der Waals surface area contributed by atoms with Crippen LogP contribution >= 0.6 is 11.6 Å². The Morgan fingerprint density at radius 1 is 1.38 bits per heavy atom. The summed E-state index contributed by atoms with van der Waals surface area (Å²) in [5.74, 6) is -0.173. The van der Waals surface area contributed by atoms with Crippen LogP contribution in [-0.4, -0.2) is 35.8 Å². The Balaban J connectivity index is 1.78. The van der Waals surface area contributed by atoms with Gasteiger partial charge in [-0.05, 0) is 38.0 Å². The van der Waals surface area contributed by atoms with Gasteiger partial charge in [-0.3, -0.25) is 9.59 Å². The van der Waals surface area contributed by atoms with Gasteiger partial charge in [0.2, 0.25) is 11.8 Å². The average molecular weight is 309 g/mol. The van der Waals surface area contributed by atoms with Crippen LogP contribution in [0.5, 0.6) is 0 Å². The van der Waals surface area contributed by atoms with E-state index in [9.17, 15) is 9.59 Å². The smallest absolute Gasteiger partial charge is 0.225 e. The Morgan fingerprint density at radius 2 is 2.05 bits per heavy atom. The summed E-state index contributed by atoms with van der Waals surface area (Å²) in [6.07, 6.45) is 1.09. The summed E-state index contributed by atoms with van der Waals surface area (Å²) in [5.41, 5.74) is 1.13. The number of likely N-dealkylation sites (tertiary alicyclic amines) is 1. The Kier molecular flexibility index (Phi) is 5.23. The molecule has 114 valence electrons. The number of rotatable bonds is 5. The van der Waals surface area contributed by atoms with Gasteiger partial charge in [-0.25, -0.2) is 0 Å². The third-order valence-electron chi connectivity index (χ3n) is 3.78. The zero-order chi connectivity index (χ0) is 15.4. The van der Waals surface area contributed by atoms with E-state index in [1.54, 1.807) is 4.90 Å². The van der Waals surface area contributed by atoms with Crippen molar-refractivity contribution in [1.82, 2.24) is 10.2 Å². The molecule has 0 aliphatic carbocycles. The molecule has 0 aromatic heterocycles. The van der Waals surface area contributed by atoms with Gasteiger partial charge >= 0.3 is 0 Å². The SMILES string of the molecule is CC(C)N1C[C@H](C(=O)NCCc2ccc(Cl)cc2)CC1=O.